The summed E-state index contributed by atoms with van der Waals surface area (Å²) in [5, 5.41) is 8.57. The molecule has 2 aliphatic rings. The molecular weight excluding hydrogens is 138 g/mol. The Morgan fingerprint density at radius 1 is 1.73 bits per heavy atom. The smallest absolute Gasteiger partial charge is 0.141 e. The second-order valence-corrected chi connectivity index (χ2v) is 2.49. The van der Waals surface area contributed by atoms with E-state index in [0.717, 1.165) is 6.54 Å². The quantitative estimate of drug-likeness (QED) is 0.502. The van der Waals surface area contributed by atoms with Crippen molar-refractivity contribution in [1.29, 1.82) is 5.26 Å². The van der Waals surface area contributed by atoms with Crippen LogP contribution in [0.25, 0.3) is 0 Å². The zero-order chi connectivity index (χ0) is 7.68. The van der Waals surface area contributed by atoms with E-state index in [1.807, 2.05) is 24.6 Å². The number of nitriles is 1. The van der Waals surface area contributed by atoms with Crippen molar-refractivity contribution in [2.24, 2.45) is 4.99 Å². The van der Waals surface area contributed by atoms with E-state index in [2.05, 4.69) is 16.0 Å². The third-order valence-corrected chi connectivity index (χ3v) is 1.79. The van der Waals surface area contributed by atoms with E-state index < -0.39 is 0 Å². The first-order chi connectivity index (χ1) is 5.40. The van der Waals surface area contributed by atoms with Crippen molar-refractivity contribution in [3.05, 3.63) is 23.9 Å². The summed E-state index contributed by atoms with van der Waals surface area (Å²) in [7, 11) is 0. The van der Waals surface area contributed by atoms with Crippen molar-refractivity contribution in [1.82, 2.24) is 4.90 Å². The van der Waals surface area contributed by atoms with Crippen LogP contribution in [-0.4, -0.2) is 23.8 Å². The Balaban J connectivity index is 2.28. The van der Waals surface area contributed by atoms with Crippen LogP contribution in [0.1, 0.15) is 0 Å². The number of hydrogen-bond donors (Lipinski definition) is 0. The number of rotatable bonds is 0. The summed E-state index contributed by atoms with van der Waals surface area (Å²) in [5.41, 5.74) is 0.699. The van der Waals surface area contributed by atoms with Gasteiger partial charge in [0, 0.05) is 12.4 Å². The SMILES string of the molecule is N#CC1=CC2N=CCN2C=C1. The van der Waals surface area contributed by atoms with Gasteiger partial charge in [0.15, 0.2) is 0 Å². The largest absolute Gasteiger partial charge is 0.348 e. The number of nitrogens with zero attached hydrogens (tertiary/aromatic N) is 3. The van der Waals surface area contributed by atoms with Gasteiger partial charge in [0.25, 0.3) is 0 Å². The van der Waals surface area contributed by atoms with E-state index in [-0.39, 0.29) is 6.17 Å². The molecule has 0 N–H and O–H groups in total. The molecule has 1 atom stereocenters. The molecule has 11 heavy (non-hydrogen) atoms. The monoisotopic (exact) mass is 145 g/mol. The molecule has 0 saturated heterocycles. The van der Waals surface area contributed by atoms with Gasteiger partial charge in [-0.2, -0.15) is 5.26 Å². The molecule has 0 aromatic carbocycles. The third-order valence-electron chi connectivity index (χ3n) is 1.79. The Morgan fingerprint density at radius 3 is 3.45 bits per heavy atom. The second kappa shape index (κ2) is 2.24. The van der Waals surface area contributed by atoms with E-state index in [4.69, 9.17) is 5.26 Å². The van der Waals surface area contributed by atoms with Gasteiger partial charge < -0.3 is 4.90 Å². The minimum absolute atomic E-state index is 0.0784. The van der Waals surface area contributed by atoms with Crippen LogP contribution >= 0.6 is 0 Å². The molecule has 0 aromatic rings. The molecule has 0 spiro atoms. The molecule has 3 heteroatoms. The van der Waals surface area contributed by atoms with Crippen molar-refractivity contribution in [2.45, 2.75) is 6.17 Å². The highest BCUT2D eigenvalue weighted by atomic mass is 15.3. The lowest BCUT2D eigenvalue weighted by Crippen LogP contribution is -2.25. The maximum absolute atomic E-state index is 8.57. The molecule has 3 nitrogen and oxygen atoms in total. The molecule has 0 aromatic heterocycles. The van der Waals surface area contributed by atoms with Crippen molar-refractivity contribution >= 4 is 6.21 Å². The van der Waals surface area contributed by atoms with Gasteiger partial charge in [-0.1, -0.05) is 0 Å². The van der Waals surface area contributed by atoms with Crippen LogP contribution in [0.2, 0.25) is 0 Å². The highest BCUT2D eigenvalue weighted by molar-refractivity contribution is 5.63. The lowest BCUT2D eigenvalue weighted by atomic mass is 10.2. The van der Waals surface area contributed by atoms with Crippen LogP contribution in [0, 0.1) is 11.3 Å². The Labute approximate surface area is 65.0 Å². The van der Waals surface area contributed by atoms with Crippen molar-refractivity contribution in [3.63, 3.8) is 0 Å². The summed E-state index contributed by atoms with van der Waals surface area (Å²) in [6.45, 7) is 0.858. The minimum atomic E-state index is 0.0784. The van der Waals surface area contributed by atoms with Crippen molar-refractivity contribution in [3.8, 4) is 6.07 Å². The van der Waals surface area contributed by atoms with Crippen LogP contribution in [-0.2, 0) is 0 Å². The fourth-order valence-corrected chi connectivity index (χ4v) is 1.20. The van der Waals surface area contributed by atoms with Gasteiger partial charge in [-0.3, -0.25) is 4.99 Å². The van der Waals surface area contributed by atoms with Gasteiger partial charge in [-0.15, -0.1) is 0 Å². The van der Waals surface area contributed by atoms with Gasteiger partial charge in [0.1, 0.15) is 6.17 Å². The summed E-state index contributed by atoms with van der Waals surface area (Å²) in [4.78, 5) is 6.25. The first-order valence-corrected chi connectivity index (χ1v) is 3.47. The standard InChI is InChI=1S/C8H7N3/c9-6-7-1-3-11-4-2-10-8(11)5-7/h1-3,5,8H,4H2. The van der Waals surface area contributed by atoms with Gasteiger partial charge in [-0.25, -0.2) is 0 Å². The van der Waals surface area contributed by atoms with Crippen LogP contribution in [0.15, 0.2) is 28.9 Å². The Hall–Kier alpha value is -1.56. The summed E-state index contributed by atoms with van der Waals surface area (Å²) in [5.74, 6) is 0. The van der Waals surface area contributed by atoms with Crippen LogP contribution in [0.4, 0.5) is 0 Å². The van der Waals surface area contributed by atoms with Gasteiger partial charge in [-0.05, 0) is 12.2 Å². The molecule has 2 rings (SSSR count). The van der Waals surface area contributed by atoms with E-state index in [9.17, 15) is 0 Å². The predicted octanol–water partition coefficient (Wildman–Crippen LogP) is 0.676. The highest BCUT2D eigenvalue weighted by Crippen LogP contribution is 2.16. The maximum Gasteiger partial charge on any atom is 0.141 e. The molecule has 0 radical (unpaired) electrons. The predicted molar refractivity (Wildman–Crippen MR) is 41.8 cm³/mol. The van der Waals surface area contributed by atoms with E-state index in [0.29, 0.717) is 5.57 Å². The summed E-state index contributed by atoms with van der Waals surface area (Å²) < 4.78 is 0. The normalized spacial score (nSPS) is 26.3. The molecular formula is C8H7N3. The highest BCUT2D eigenvalue weighted by Gasteiger charge is 2.18. The van der Waals surface area contributed by atoms with E-state index in [1.165, 1.54) is 0 Å². The zero-order valence-corrected chi connectivity index (χ0v) is 5.94. The lowest BCUT2D eigenvalue weighted by Gasteiger charge is -2.20. The molecule has 0 saturated carbocycles. The topological polar surface area (TPSA) is 39.4 Å². The second-order valence-electron chi connectivity index (χ2n) is 2.49. The van der Waals surface area contributed by atoms with Gasteiger partial charge in [0.05, 0.1) is 18.2 Å². The minimum Gasteiger partial charge on any atom is -0.348 e. The van der Waals surface area contributed by atoms with Crippen molar-refractivity contribution in [2.75, 3.05) is 6.54 Å². The fourth-order valence-electron chi connectivity index (χ4n) is 1.20. The van der Waals surface area contributed by atoms with Gasteiger partial charge in [0.2, 0.25) is 0 Å². The molecule has 0 fully saturated rings. The molecule has 54 valence electrons. The number of fused-ring (bicyclic) bond motifs is 1. The Kier molecular flexibility index (Phi) is 1.26. The first kappa shape index (κ1) is 6.17. The average Bonchev–Trinajstić information content (AvgIpc) is 2.50. The number of allylic oxidation sites excluding steroid dienone is 2. The summed E-state index contributed by atoms with van der Waals surface area (Å²) in [6.07, 6.45) is 7.53. The third kappa shape index (κ3) is 0.926. The first-order valence-electron chi connectivity index (χ1n) is 3.47. The molecule has 0 aliphatic carbocycles. The molecule has 0 bridgehead atoms. The number of hydrogen-bond acceptors (Lipinski definition) is 3. The summed E-state index contributed by atoms with van der Waals surface area (Å²) in [6, 6.07) is 2.09. The lowest BCUT2D eigenvalue weighted by molar-refractivity contribution is 0.393. The van der Waals surface area contributed by atoms with E-state index in [1.54, 1.807) is 0 Å². The van der Waals surface area contributed by atoms with Crippen molar-refractivity contribution < 1.29 is 0 Å². The Bertz CT molecular complexity index is 293. The van der Waals surface area contributed by atoms with E-state index >= 15 is 0 Å². The van der Waals surface area contributed by atoms with Gasteiger partial charge >= 0.3 is 0 Å². The fraction of sp³-hybridized carbons (Fsp3) is 0.250. The molecule has 0 amide bonds. The zero-order valence-electron chi connectivity index (χ0n) is 5.94. The molecule has 2 aliphatic heterocycles. The van der Waals surface area contributed by atoms with Crippen LogP contribution < -0.4 is 0 Å². The molecule has 2 heterocycles. The van der Waals surface area contributed by atoms with Crippen LogP contribution in [0.5, 0.6) is 0 Å². The Morgan fingerprint density at radius 2 is 2.64 bits per heavy atom. The summed E-state index contributed by atoms with van der Waals surface area (Å²) >= 11 is 0. The van der Waals surface area contributed by atoms with Crippen LogP contribution in [0.3, 0.4) is 0 Å². The average molecular weight is 145 g/mol. The molecule has 1 unspecified atom stereocenters. The number of aliphatic imine (C=N–C) groups is 1. The maximum atomic E-state index is 8.57.